The molecule has 3 rings (SSSR count). The molecule has 5 heteroatoms. The van der Waals surface area contributed by atoms with Gasteiger partial charge >= 0.3 is 0 Å². The van der Waals surface area contributed by atoms with E-state index in [0.29, 0.717) is 17.9 Å². The Balaban J connectivity index is 1.88. The molecule has 0 spiro atoms. The number of hydrogen-bond donors (Lipinski definition) is 0. The third-order valence-electron chi connectivity index (χ3n) is 4.18. The number of rotatable bonds is 7. The molecule has 1 heterocycles. The van der Waals surface area contributed by atoms with Gasteiger partial charge in [0.15, 0.2) is 0 Å². The molecule has 2 aromatic carbocycles. The number of hydrogen-bond acceptors (Lipinski definition) is 3. The minimum Gasteiger partial charge on any atom is -0.260 e. The van der Waals surface area contributed by atoms with Crippen molar-refractivity contribution >= 4 is 10.0 Å². The summed E-state index contributed by atoms with van der Waals surface area (Å²) in [7, 11) is -3.60. The van der Waals surface area contributed by atoms with Crippen molar-refractivity contribution in [2.24, 2.45) is 0 Å². The van der Waals surface area contributed by atoms with E-state index in [1.54, 1.807) is 24.4 Å². The summed E-state index contributed by atoms with van der Waals surface area (Å²) in [5.74, 6) is 0. The Labute approximate surface area is 155 Å². The van der Waals surface area contributed by atoms with E-state index in [2.05, 4.69) is 4.98 Å². The van der Waals surface area contributed by atoms with Gasteiger partial charge in [0.05, 0.1) is 17.1 Å². The molecular formula is C21H22N2O2S. The first-order valence-corrected chi connectivity index (χ1v) is 10.0. The van der Waals surface area contributed by atoms with Crippen molar-refractivity contribution < 1.29 is 8.42 Å². The van der Waals surface area contributed by atoms with Crippen molar-refractivity contribution in [2.45, 2.75) is 24.8 Å². The molecule has 3 aromatic rings. The molecule has 0 bridgehead atoms. The lowest BCUT2D eigenvalue weighted by atomic mass is 10.1. The van der Waals surface area contributed by atoms with Gasteiger partial charge in [0.2, 0.25) is 10.0 Å². The van der Waals surface area contributed by atoms with Crippen LogP contribution in [0, 0.1) is 6.92 Å². The van der Waals surface area contributed by atoms with Gasteiger partial charge in [-0.25, -0.2) is 8.42 Å². The van der Waals surface area contributed by atoms with Gasteiger partial charge in [-0.2, -0.15) is 4.31 Å². The number of benzene rings is 2. The van der Waals surface area contributed by atoms with E-state index >= 15 is 0 Å². The SMILES string of the molecule is Cc1cccc(S(=O)(=O)N(CCc2ccccc2)Cc2ccccn2)c1. The Morgan fingerprint density at radius 1 is 0.923 bits per heavy atom. The minimum absolute atomic E-state index is 0.254. The second-order valence-corrected chi connectivity index (χ2v) is 8.15. The van der Waals surface area contributed by atoms with Crippen LogP contribution in [0.4, 0.5) is 0 Å². The molecule has 0 aliphatic carbocycles. The van der Waals surface area contributed by atoms with Crippen LogP contribution >= 0.6 is 0 Å². The summed E-state index contributed by atoms with van der Waals surface area (Å²) in [5.41, 5.74) is 2.77. The average molecular weight is 366 g/mol. The topological polar surface area (TPSA) is 50.3 Å². The molecule has 0 aliphatic heterocycles. The highest BCUT2D eigenvalue weighted by molar-refractivity contribution is 7.89. The molecule has 0 amide bonds. The van der Waals surface area contributed by atoms with Crippen LogP contribution in [-0.2, 0) is 23.0 Å². The van der Waals surface area contributed by atoms with Gasteiger partial charge in [-0.1, -0.05) is 48.5 Å². The van der Waals surface area contributed by atoms with E-state index in [1.807, 2.05) is 61.5 Å². The smallest absolute Gasteiger partial charge is 0.243 e. The molecule has 0 radical (unpaired) electrons. The third kappa shape index (κ3) is 4.56. The van der Waals surface area contributed by atoms with Gasteiger partial charge in [0.25, 0.3) is 0 Å². The van der Waals surface area contributed by atoms with Crippen molar-refractivity contribution in [3.63, 3.8) is 0 Å². The minimum atomic E-state index is -3.60. The highest BCUT2D eigenvalue weighted by Crippen LogP contribution is 2.19. The maximum Gasteiger partial charge on any atom is 0.243 e. The zero-order valence-corrected chi connectivity index (χ0v) is 15.6. The highest BCUT2D eigenvalue weighted by Gasteiger charge is 2.25. The molecule has 0 atom stereocenters. The standard InChI is InChI=1S/C21H22N2O2S/c1-18-8-7-12-21(16-18)26(24,25)23(17-20-11-5-6-14-22-20)15-13-19-9-3-2-4-10-19/h2-12,14,16H,13,15,17H2,1H3. The van der Waals surface area contributed by atoms with Crippen LogP contribution in [0.25, 0.3) is 0 Å². The Morgan fingerprint density at radius 2 is 1.69 bits per heavy atom. The quantitative estimate of drug-likeness (QED) is 0.639. The number of pyridine rings is 1. The van der Waals surface area contributed by atoms with Crippen molar-refractivity contribution in [1.29, 1.82) is 0 Å². The van der Waals surface area contributed by atoms with E-state index in [-0.39, 0.29) is 6.54 Å². The molecular weight excluding hydrogens is 344 g/mol. The fraction of sp³-hybridized carbons (Fsp3) is 0.190. The molecule has 0 saturated heterocycles. The van der Waals surface area contributed by atoms with Crippen molar-refractivity contribution in [2.75, 3.05) is 6.54 Å². The lowest BCUT2D eigenvalue weighted by molar-refractivity contribution is 0.405. The summed E-state index contributed by atoms with van der Waals surface area (Å²) in [6, 6.07) is 22.5. The largest absolute Gasteiger partial charge is 0.260 e. The average Bonchev–Trinajstić information content (AvgIpc) is 2.66. The maximum absolute atomic E-state index is 13.2. The third-order valence-corrected chi connectivity index (χ3v) is 6.03. The van der Waals surface area contributed by atoms with E-state index < -0.39 is 10.0 Å². The Bertz CT molecular complexity index is 942. The lowest BCUT2D eigenvalue weighted by Gasteiger charge is -2.22. The van der Waals surface area contributed by atoms with Crippen LogP contribution in [0.1, 0.15) is 16.8 Å². The van der Waals surface area contributed by atoms with Gasteiger partial charge in [-0.05, 0) is 48.7 Å². The Morgan fingerprint density at radius 3 is 2.38 bits per heavy atom. The summed E-state index contributed by atoms with van der Waals surface area (Å²) in [6.45, 7) is 2.55. The molecule has 4 nitrogen and oxygen atoms in total. The van der Waals surface area contributed by atoms with E-state index in [1.165, 1.54) is 4.31 Å². The fourth-order valence-corrected chi connectivity index (χ4v) is 4.30. The van der Waals surface area contributed by atoms with Gasteiger partial charge in [0, 0.05) is 12.7 Å². The normalized spacial score (nSPS) is 11.6. The maximum atomic E-state index is 13.2. The first-order chi connectivity index (χ1) is 12.6. The summed E-state index contributed by atoms with van der Waals surface area (Å²) >= 11 is 0. The second kappa shape index (κ2) is 8.25. The van der Waals surface area contributed by atoms with Crippen LogP contribution in [0.5, 0.6) is 0 Å². The zero-order chi connectivity index (χ0) is 18.4. The number of aryl methyl sites for hydroxylation is 1. The monoisotopic (exact) mass is 366 g/mol. The zero-order valence-electron chi connectivity index (χ0n) is 14.7. The molecule has 0 N–H and O–H groups in total. The van der Waals surface area contributed by atoms with Crippen LogP contribution < -0.4 is 0 Å². The number of aromatic nitrogens is 1. The molecule has 1 aromatic heterocycles. The highest BCUT2D eigenvalue weighted by atomic mass is 32.2. The van der Waals surface area contributed by atoms with Gasteiger partial charge in [-0.15, -0.1) is 0 Å². The summed E-state index contributed by atoms with van der Waals surface area (Å²) in [4.78, 5) is 4.61. The molecule has 0 aliphatic rings. The first-order valence-electron chi connectivity index (χ1n) is 8.56. The van der Waals surface area contributed by atoms with Gasteiger partial charge < -0.3 is 0 Å². The molecule has 0 fully saturated rings. The summed E-state index contributed by atoms with van der Waals surface area (Å²) < 4.78 is 27.9. The van der Waals surface area contributed by atoms with Crippen LogP contribution in [0.2, 0.25) is 0 Å². The first kappa shape index (κ1) is 18.3. The summed E-state index contributed by atoms with van der Waals surface area (Å²) in [5, 5.41) is 0. The van der Waals surface area contributed by atoms with Crippen LogP contribution in [-0.4, -0.2) is 24.3 Å². The lowest BCUT2D eigenvalue weighted by Crippen LogP contribution is -2.33. The van der Waals surface area contributed by atoms with E-state index in [4.69, 9.17) is 0 Å². The Hall–Kier alpha value is -2.50. The molecule has 0 unspecified atom stereocenters. The predicted molar refractivity (Wildman–Crippen MR) is 103 cm³/mol. The van der Waals surface area contributed by atoms with Crippen molar-refractivity contribution in [3.8, 4) is 0 Å². The number of sulfonamides is 1. The fourth-order valence-electron chi connectivity index (χ4n) is 2.78. The second-order valence-electron chi connectivity index (χ2n) is 6.21. The number of nitrogens with zero attached hydrogens (tertiary/aromatic N) is 2. The van der Waals surface area contributed by atoms with Crippen molar-refractivity contribution in [3.05, 3.63) is 95.8 Å². The van der Waals surface area contributed by atoms with Gasteiger partial charge in [0.1, 0.15) is 0 Å². The van der Waals surface area contributed by atoms with Crippen molar-refractivity contribution in [1.82, 2.24) is 9.29 Å². The van der Waals surface area contributed by atoms with E-state index in [9.17, 15) is 8.42 Å². The van der Waals surface area contributed by atoms with Crippen LogP contribution in [0.15, 0.2) is 83.9 Å². The summed E-state index contributed by atoms with van der Waals surface area (Å²) in [6.07, 6.45) is 2.34. The molecule has 134 valence electrons. The van der Waals surface area contributed by atoms with Crippen LogP contribution in [0.3, 0.4) is 0 Å². The Kier molecular flexibility index (Phi) is 5.81. The molecule has 0 saturated carbocycles. The van der Waals surface area contributed by atoms with Gasteiger partial charge in [-0.3, -0.25) is 4.98 Å². The van der Waals surface area contributed by atoms with E-state index in [0.717, 1.165) is 16.8 Å². The molecule has 26 heavy (non-hydrogen) atoms. The predicted octanol–water partition coefficient (Wildman–Crippen LogP) is 3.82.